The number of aromatic nitrogens is 2. The third-order valence-corrected chi connectivity index (χ3v) is 3.51. The molecular weight excluding hydrogens is 334 g/mol. The zero-order chi connectivity index (χ0) is 18.4. The van der Waals surface area contributed by atoms with Crippen molar-refractivity contribution in [3.63, 3.8) is 0 Å². The van der Waals surface area contributed by atoms with Crippen molar-refractivity contribution in [2.24, 2.45) is 0 Å². The van der Waals surface area contributed by atoms with Crippen molar-refractivity contribution < 1.29 is 18.7 Å². The number of rotatable bonds is 6. The van der Waals surface area contributed by atoms with E-state index in [4.69, 9.17) is 13.9 Å². The molecule has 0 saturated carbocycles. The number of methoxy groups -OCH3 is 2. The number of nitrogens with zero attached hydrogens (tertiary/aromatic N) is 2. The number of amides is 1. The number of carbonyl (C=O) groups is 1. The van der Waals surface area contributed by atoms with Gasteiger partial charge >= 0.3 is 6.01 Å². The number of hydrogen-bond acceptors (Lipinski definition) is 6. The minimum atomic E-state index is -0.364. The Kier molecular flexibility index (Phi) is 5.28. The van der Waals surface area contributed by atoms with Crippen molar-refractivity contribution in [1.82, 2.24) is 10.2 Å². The maximum absolute atomic E-state index is 12.0. The van der Waals surface area contributed by atoms with Crippen LogP contribution in [0.25, 0.3) is 17.5 Å². The molecule has 0 saturated heterocycles. The highest BCUT2D eigenvalue weighted by atomic mass is 16.5. The van der Waals surface area contributed by atoms with E-state index >= 15 is 0 Å². The largest absolute Gasteiger partial charge is 0.493 e. The first kappa shape index (κ1) is 17.2. The highest BCUT2D eigenvalue weighted by Crippen LogP contribution is 2.32. The van der Waals surface area contributed by atoms with Crippen LogP contribution in [0.15, 0.2) is 59.0 Å². The summed E-state index contributed by atoms with van der Waals surface area (Å²) in [4.78, 5) is 12.0. The minimum Gasteiger partial charge on any atom is -0.493 e. The molecule has 0 aliphatic heterocycles. The predicted molar refractivity (Wildman–Crippen MR) is 96.9 cm³/mol. The average Bonchev–Trinajstić information content (AvgIpc) is 3.15. The normalized spacial score (nSPS) is 10.7. The van der Waals surface area contributed by atoms with Crippen molar-refractivity contribution in [1.29, 1.82) is 0 Å². The Bertz CT molecular complexity index is 920. The topological polar surface area (TPSA) is 86.5 Å². The molecular formula is C19H17N3O4. The molecule has 7 nitrogen and oxygen atoms in total. The van der Waals surface area contributed by atoms with Gasteiger partial charge in [0.1, 0.15) is 0 Å². The van der Waals surface area contributed by atoms with Crippen LogP contribution in [0.1, 0.15) is 5.56 Å². The highest BCUT2D eigenvalue weighted by Gasteiger charge is 2.13. The second-order valence-electron chi connectivity index (χ2n) is 5.22. The van der Waals surface area contributed by atoms with Crippen molar-refractivity contribution in [2.75, 3.05) is 19.5 Å². The summed E-state index contributed by atoms with van der Waals surface area (Å²) in [6.45, 7) is 0. The molecule has 1 aromatic heterocycles. The van der Waals surface area contributed by atoms with Crippen LogP contribution in [0.2, 0.25) is 0 Å². The van der Waals surface area contributed by atoms with Gasteiger partial charge in [0.15, 0.2) is 11.5 Å². The van der Waals surface area contributed by atoms with Crippen LogP contribution in [0, 0.1) is 0 Å². The van der Waals surface area contributed by atoms with Crippen LogP contribution in [-0.2, 0) is 4.79 Å². The molecule has 0 fully saturated rings. The molecule has 26 heavy (non-hydrogen) atoms. The molecule has 0 spiro atoms. The van der Waals surface area contributed by atoms with Gasteiger partial charge in [-0.05, 0) is 29.8 Å². The summed E-state index contributed by atoms with van der Waals surface area (Å²) in [6, 6.07) is 14.7. The van der Waals surface area contributed by atoms with Gasteiger partial charge < -0.3 is 13.9 Å². The molecule has 1 N–H and O–H groups in total. The molecule has 0 bridgehead atoms. The molecule has 3 rings (SSSR count). The first-order chi connectivity index (χ1) is 12.7. The van der Waals surface area contributed by atoms with Crippen LogP contribution >= 0.6 is 0 Å². The summed E-state index contributed by atoms with van der Waals surface area (Å²) >= 11 is 0. The lowest BCUT2D eigenvalue weighted by molar-refractivity contribution is -0.112. The summed E-state index contributed by atoms with van der Waals surface area (Å²) in [5.41, 5.74) is 1.56. The zero-order valence-corrected chi connectivity index (χ0v) is 14.3. The van der Waals surface area contributed by atoms with Crippen LogP contribution in [-0.4, -0.2) is 30.3 Å². The van der Waals surface area contributed by atoms with Gasteiger partial charge in [0.05, 0.1) is 14.2 Å². The van der Waals surface area contributed by atoms with Crippen LogP contribution in [0.4, 0.5) is 6.01 Å². The van der Waals surface area contributed by atoms with Crippen LogP contribution in [0.5, 0.6) is 11.5 Å². The second-order valence-corrected chi connectivity index (χ2v) is 5.22. The van der Waals surface area contributed by atoms with Gasteiger partial charge in [-0.3, -0.25) is 10.1 Å². The van der Waals surface area contributed by atoms with E-state index in [1.54, 1.807) is 38.5 Å². The van der Waals surface area contributed by atoms with E-state index < -0.39 is 0 Å². The zero-order valence-electron chi connectivity index (χ0n) is 14.3. The van der Waals surface area contributed by atoms with E-state index in [0.717, 1.165) is 5.56 Å². The van der Waals surface area contributed by atoms with Gasteiger partial charge in [-0.15, -0.1) is 5.10 Å². The SMILES string of the molecule is COc1ccc(-c2nnc(NC(=O)C=Cc3ccccc3)o2)cc1OC. The Labute approximate surface area is 150 Å². The van der Waals surface area contributed by atoms with Gasteiger partial charge in [-0.2, -0.15) is 0 Å². The molecule has 0 aliphatic carbocycles. The van der Waals surface area contributed by atoms with Crippen LogP contribution < -0.4 is 14.8 Å². The van der Waals surface area contributed by atoms with E-state index in [2.05, 4.69) is 15.5 Å². The van der Waals surface area contributed by atoms with E-state index in [0.29, 0.717) is 17.1 Å². The molecule has 0 aliphatic rings. The third-order valence-electron chi connectivity index (χ3n) is 3.51. The van der Waals surface area contributed by atoms with Gasteiger partial charge in [-0.1, -0.05) is 35.4 Å². The fourth-order valence-corrected chi connectivity index (χ4v) is 2.24. The van der Waals surface area contributed by atoms with Crippen LogP contribution in [0.3, 0.4) is 0 Å². The van der Waals surface area contributed by atoms with E-state index in [-0.39, 0.29) is 17.8 Å². The summed E-state index contributed by atoms with van der Waals surface area (Å²) < 4.78 is 15.9. The monoisotopic (exact) mass is 351 g/mol. The standard InChI is InChI=1S/C19H17N3O4/c1-24-15-10-9-14(12-16(15)25-2)18-21-22-19(26-18)20-17(23)11-8-13-6-4-3-5-7-13/h3-12H,1-2H3,(H,20,22,23). The quantitative estimate of drug-likeness (QED) is 0.685. The molecule has 1 amide bonds. The molecule has 7 heteroatoms. The molecule has 2 aromatic carbocycles. The van der Waals surface area contributed by atoms with Gasteiger partial charge in [0.2, 0.25) is 5.89 Å². The minimum absolute atomic E-state index is 0.0116. The van der Waals surface area contributed by atoms with E-state index in [1.807, 2.05) is 30.3 Å². The summed E-state index contributed by atoms with van der Waals surface area (Å²) in [6.07, 6.45) is 3.09. The van der Waals surface area contributed by atoms with Crippen molar-refractivity contribution in [3.05, 3.63) is 60.2 Å². The fourth-order valence-electron chi connectivity index (χ4n) is 2.24. The number of benzene rings is 2. The average molecular weight is 351 g/mol. The van der Waals surface area contributed by atoms with E-state index in [1.165, 1.54) is 6.08 Å². The maximum atomic E-state index is 12.0. The predicted octanol–water partition coefficient (Wildman–Crippen LogP) is 3.41. The molecule has 0 atom stereocenters. The lowest BCUT2D eigenvalue weighted by Crippen LogP contribution is -2.07. The van der Waals surface area contributed by atoms with Gasteiger partial charge in [-0.25, -0.2) is 0 Å². The smallest absolute Gasteiger partial charge is 0.322 e. The lowest BCUT2D eigenvalue weighted by Gasteiger charge is -2.07. The maximum Gasteiger partial charge on any atom is 0.322 e. The second kappa shape index (κ2) is 7.98. The van der Waals surface area contributed by atoms with Crippen molar-refractivity contribution in [3.8, 4) is 23.0 Å². The Morgan fingerprint density at radius 2 is 1.81 bits per heavy atom. The Morgan fingerprint density at radius 3 is 2.54 bits per heavy atom. The number of carbonyl (C=O) groups excluding carboxylic acids is 1. The summed E-state index contributed by atoms with van der Waals surface area (Å²) in [5, 5.41) is 10.3. The lowest BCUT2D eigenvalue weighted by atomic mass is 10.2. The molecule has 0 unspecified atom stereocenters. The summed E-state index contributed by atoms with van der Waals surface area (Å²) in [7, 11) is 3.10. The highest BCUT2D eigenvalue weighted by molar-refractivity contribution is 6.00. The Morgan fingerprint density at radius 1 is 1.04 bits per heavy atom. The number of ether oxygens (including phenoxy) is 2. The van der Waals surface area contributed by atoms with Crippen molar-refractivity contribution in [2.45, 2.75) is 0 Å². The van der Waals surface area contributed by atoms with Gasteiger partial charge in [0, 0.05) is 11.6 Å². The summed E-state index contributed by atoms with van der Waals surface area (Å²) in [5.74, 6) is 1.03. The number of nitrogens with one attached hydrogen (secondary N) is 1. The third kappa shape index (κ3) is 4.07. The molecule has 132 valence electrons. The fraction of sp³-hybridized carbons (Fsp3) is 0.105. The van der Waals surface area contributed by atoms with E-state index in [9.17, 15) is 4.79 Å². The van der Waals surface area contributed by atoms with Gasteiger partial charge in [0.25, 0.3) is 5.91 Å². The van der Waals surface area contributed by atoms with Crippen molar-refractivity contribution >= 4 is 18.0 Å². The Hall–Kier alpha value is -3.61. The Balaban J connectivity index is 1.70. The number of hydrogen-bond donors (Lipinski definition) is 1. The first-order valence-electron chi connectivity index (χ1n) is 7.79. The molecule has 1 heterocycles. The molecule has 3 aromatic rings. The number of anilines is 1. The first-order valence-corrected chi connectivity index (χ1v) is 7.79. The molecule has 0 radical (unpaired) electrons.